The number of carbonyl (C=O) groups is 1. The van der Waals surface area contributed by atoms with E-state index in [0.29, 0.717) is 5.02 Å². The van der Waals surface area contributed by atoms with Crippen LogP contribution >= 0.6 is 11.6 Å². The number of benzene rings is 2. The summed E-state index contributed by atoms with van der Waals surface area (Å²) in [6, 6.07) is 16.7. The third-order valence-electron chi connectivity index (χ3n) is 2.50. The second-order valence-electron chi connectivity index (χ2n) is 4.06. The first-order valence-corrected chi connectivity index (χ1v) is 6.48. The Hall–Kier alpha value is -2.33. The van der Waals surface area contributed by atoms with Gasteiger partial charge in [-0.25, -0.2) is 5.43 Å². The topological polar surface area (TPSA) is 53.5 Å². The van der Waals surface area contributed by atoms with E-state index in [2.05, 4.69) is 15.8 Å². The number of amides is 1. The zero-order valence-corrected chi connectivity index (χ0v) is 11.5. The Bertz CT molecular complexity index is 582. The molecule has 0 atom stereocenters. The molecule has 0 saturated carbocycles. The number of halogens is 1. The van der Waals surface area contributed by atoms with E-state index in [9.17, 15) is 4.79 Å². The summed E-state index contributed by atoms with van der Waals surface area (Å²) < 4.78 is 0. The van der Waals surface area contributed by atoms with Crippen LogP contribution in [0.15, 0.2) is 59.7 Å². The largest absolute Gasteiger partial charge is 0.376 e. The molecule has 0 saturated heterocycles. The van der Waals surface area contributed by atoms with E-state index in [1.807, 2.05) is 42.5 Å². The van der Waals surface area contributed by atoms with Gasteiger partial charge < -0.3 is 5.32 Å². The monoisotopic (exact) mass is 287 g/mol. The molecule has 0 unspecified atom stereocenters. The minimum Gasteiger partial charge on any atom is -0.376 e. The van der Waals surface area contributed by atoms with Gasteiger partial charge in [0, 0.05) is 10.7 Å². The second-order valence-corrected chi connectivity index (χ2v) is 4.50. The maximum atomic E-state index is 11.6. The minimum atomic E-state index is -0.216. The van der Waals surface area contributed by atoms with E-state index in [0.717, 1.165) is 11.3 Å². The number of hydrogen-bond acceptors (Lipinski definition) is 3. The number of nitrogens with one attached hydrogen (secondary N) is 2. The lowest BCUT2D eigenvalue weighted by Gasteiger charge is -2.04. The Morgan fingerprint density at radius 3 is 2.50 bits per heavy atom. The van der Waals surface area contributed by atoms with Crippen LogP contribution in [-0.4, -0.2) is 18.7 Å². The summed E-state index contributed by atoms with van der Waals surface area (Å²) in [5.41, 5.74) is 4.21. The fraction of sp³-hybridized carbons (Fsp3) is 0.0667. The highest BCUT2D eigenvalue weighted by molar-refractivity contribution is 6.30. The van der Waals surface area contributed by atoms with Crippen LogP contribution in [0.25, 0.3) is 0 Å². The standard InChI is InChI=1S/C15H14ClN3O/c16-13-6-8-14(9-7-13)17-11-15(20)19-18-10-12-4-2-1-3-5-12/h1-10,17H,11H2,(H,19,20)/b18-10-. The van der Waals surface area contributed by atoms with Crippen molar-refractivity contribution in [2.24, 2.45) is 5.10 Å². The van der Waals surface area contributed by atoms with Crippen molar-refractivity contribution >= 4 is 29.4 Å². The molecule has 2 aromatic rings. The van der Waals surface area contributed by atoms with Gasteiger partial charge in [-0.15, -0.1) is 0 Å². The molecular formula is C15H14ClN3O. The first kappa shape index (κ1) is 14.1. The highest BCUT2D eigenvalue weighted by Crippen LogP contribution is 2.12. The maximum Gasteiger partial charge on any atom is 0.259 e. The van der Waals surface area contributed by atoms with Crippen molar-refractivity contribution in [3.05, 3.63) is 65.2 Å². The van der Waals surface area contributed by atoms with Crippen molar-refractivity contribution in [2.75, 3.05) is 11.9 Å². The van der Waals surface area contributed by atoms with Crippen LogP contribution in [-0.2, 0) is 4.79 Å². The van der Waals surface area contributed by atoms with Gasteiger partial charge in [0.2, 0.25) is 0 Å². The zero-order chi connectivity index (χ0) is 14.2. The molecule has 0 aliphatic carbocycles. The lowest BCUT2D eigenvalue weighted by atomic mass is 10.2. The molecule has 5 heteroatoms. The average molecular weight is 288 g/mol. The molecular weight excluding hydrogens is 274 g/mol. The zero-order valence-electron chi connectivity index (χ0n) is 10.7. The molecule has 0 fully saturated rings. The van der Waals surface area contributed by atoms with Gasteiger partial charge in [-0.05, 0) is 29.8 Å². The molecule has 0 spiro atoms. The number of hydrogen-bond donors (Lipinski definition) is 2. The van der Waals surface area contributed by atoms with Crippen LogP contribution in [0, 0.1) is 0 Å². The molecule has 0 aliphatic heterocycles. The summed E-state index contributed by atoms with van der Waals surface area (Å²) in [5, 5.41) is 7.52. The fourth-order valence-electron chi connectivity index (χ4n) is 1.51. The predicted molar refractivity (Wildman–Crippen MR) is 82.1 cm³/mol. The lowest BCUT2D eigenvalue weighted by molar-refractivity contribution is -0.119. The first-order valence-electron chi connectivity index (χ1n) is 6.10. The molecule has 4 nitrogen and oxygen atoms in total. The van der Waals surface area contributed by atoms with Crippen LogP contribution in [0.1, 0.15) is 5.56 Å². The van der Waals surface area contributed by atoms with Gasteiger partial charge >= 0.3 is 0 Å². The van der Waals surface area contributed by atoms with E-state index in [-0.39, 0.29) is 12.5 Å². The third kappa shape index (κ3) is 4.74. The number of nitrogens with zero attached hydrogens (tertiary/aromatic N) is 1. The number of rotatable bonds is 5. The van der Waals surface area contributed by atoms with Gasteiger partial charge in [0.05, 0.1) is 12.8 Å². The van der Waals surface area contributed by atoms with E-state index >= 15 is 0 Å². The van der Waals surface area contributed by atoms with Crippen molar-refractivity contribution in [3.8, 4) is 0 Å². The Kier molecular flexibility index (Phi) is 5.15. The first-order chi connectivity index (χ1) is 9.74. The molecule has 102 valence electrons. The van der Waals surface area contributed by atoms with Gasteiger partial charge in [0.1, 0.15) is 0 Å². The average Bonchev–Trinajstić information content (AvgIpc) is 2.48. The van der Waals surface area contributed by atoms with Crippen molar-refractivity contribution in [1.29, 1.82) is 0 Å². The second kappa shape index (κ2) is 7.31. The Morgan fingerprint density at radius 2 is 1.80 bits per heavy atom. The predicted octanol–water partition coefficient (Wildman–Crippen LogP) is 2.90. The van der Waals surface area contributed by atoms with Crippen LogP contribution in [0.2, 0.25) is 5.02 Å². The summed E-state index contributed by atoms with van der Waals surface area (Å²) in [6.07, 6.45) is 1.60. The number of hydrazone groups is 1. The molecule has 0 radical (unpaired) electrons. The quantitative estimate of drug-likeness (QED) is 0.656. The van der Waals surface area contributed by atoms with Gasteiger partial charge in [-0.1, -0.05) is 41.9 Å². The van der Waals surface area contributed by atoms with Crippen LogP contribution < -0.4 is 10.7 Å². The van der Waals surface area contributed by atoms with E-state index < -0.39 is 0 Å². The molecule has 0 aromatic heterocycles. The fourth-order valence-corrected chi connectivity index (χ4v) is 1.63. The van der Waals surface area contributed by atoms with E-state index in [4.69, 9.17) is 11.6 Å². The van der Waals surface area contributed by atoms with Crippen molar-refractivity contribution in [2.45, 2.75) is 0 Å². The molecule has 0 aliphatic rings. The van der Waals surface area contributed by atoms with Gasteiger partial charge in [-0.2, -0.15) is 5.10 Å². The Labute approximate surface area is 122 Å². The highest BCUT2D eigenvalue weighted by atomic mass is 35.5. The van der Waals surface area contributed by atoms with Crippen LogP contribution in [0.3, 0.4) is 0 Å². The number of carbonyl (C=O) groups excluding carboxylic acids is 1. The summed E-state index contributed by atoms with van der Waals surface area (Å²) in [7, 11) is 0. The maximum absolute atomic E-state index is 11.6. The Balaban J connectivity index is 1.76. The van der Waals surface area contributed by atoms with Crippen molar-refractivity contribution < 1.29 is 4.79 Å². The van der Waals surface area contributed by atoms with Gasteiger partial charge in [-0.3, -0.25) is 4.79 Å². The minimum absolute atomic E-state index is 0.147. The third-order valence-corrected chi connectivity index (χ3v) is 2.75. The molecule has 2 rings (SSSR count). The lowest BCUT2D eigenvalue weighted by Crippen LogP contribution is -2.25. The summed E-state index contributed by atoms with van der Waals surface area (Å²) in [4.78, 5) is 11.6. The van der Waals surface area contributed by atoms with Crippen molar-refractivity contribution in [1.82, 2.24) is 5.43 Å². The van der Waals surface area contributed by atoms with Crippen LogP contribution in [0.5, 0.6) is 0 Å². The Morgan fingerprint density at radius 1 is 1.10 bits per heavy atom. The van der Waals surface area contributed by atoms with E-state index in [1.54, 1.807) is 18.3 Å². The van der Waals surface area contributed by atoms with Crippen LogP contribution in [0.4, 0.5) is 5.69 Å². The summed E-state index contributed by atoms with van der Waals surface area (Å²) in [6.45, 7) is 0.147. The molecule has 2 aromatic carbocycles. The molecule has 20 heavy (non-hydrogen) atoms. The van der Waals surface area contributed by atoms with Gasteiger partial charge in [0.15, 0.2) is 0 Å². The molecule has 0 heterocycles. The normalized spacial score (nSPS) is 10.4. The van der Waals surface area contributed by atoms with Crippen molar-refractivity contribution in [3.63, 3.8) is 0 Å². The summed E-state index contributed by atoms with van der Waals surface area (Å²) in [5.74, 6) is -0.216. The smallest absolute Gasteiger partial charge is 0.259 e. The highest BCUT2D eigenvalue weighted by Gasteiger charge is 1.99. The van der Waals surface area contributed by atoms with Gasteiger partial charge in [0.25, 0.3) is 5.91 Å². The molecule has 1 amide bonds. The number of anilines is 1. The SMILES string of the molecule is O=C(CNc1ccc(Cl)cc1)N/N=C\c1ccccc1. The molecule has 0 bridgehead atoms. The summed E-state index contributed by atoms with van der Waals surface area (Å²) >= 11 is 5.77. The molecule has 2 N–H and O–H groups in total. The van der Waals surface area contributed by atoms with E-state index in [1.165, 1.54) is 0 Å².